The third-order valence-corrected chi connectivity index (χ3v) is 4.62. The Morgan fingerprint density at radius 2 is 2.13 bits per heavy atom. The molecule has 1 unspecified atom stereocenters. The molecular weight excluding hydrogens is 216 g/mol. The zero-order chi connectivity index (χ0) is 11.7. The number of rotatable bonds is 4. The van der Waals surface area contributed by atoms with Gasteiger partial charge in [0.25, 0.3) is 0 Å². The van der Waals surface area contributed by atoms with Crippen molar-refractivity contribution in [3.63, 3.8) is 0 Å². The quantitative estimate of drug-likeness (QED) is 0.744. The van der Waals surface area contributed by atoms with Crippen LogP contribution in [0.2, 0.25) is 0 Å². The van der Waals surface area contributed by atoms with Crippen LogP contribution >= 0.6 is 0 Å². The third-order valence-electron chi connectivity index (χ3n) is 2.65. The molecule has 0 saturated carbocycles. The molecule has 0 amide bonds. The van der Waals surface area contributed by atoms with Crippen LogP contribution in [0.5, 0.6) is 0 Å². The summed E-state index contributed by atoms with van der Waals surface area (Å²) in [6, 6.07) is 1.70. The smallest absolute Gasteiger partial charge is 0.230 e. The molecule has 1 aliphatic rings. The molecule has 0 aromatic heterocycles. The van der Waals surface area contributed by atoms with E-state index in [1.54, 1.807) is 6.07 Å². The van der Waals surface area contributed by atoms with Gasteiger partial charge in [-0.25, -0.2) is 8.42 Å². The molecule has 0 bridgehead atoms. The number of nitriles is 1. The van der Waals surface area contributed by atoms with Crippen molar-refractivity contribution >= 4 is 10.0 Å². The molecule has 1 fully saturated rings. The number of hydrogen-bond acceptors (Lipinski definition) is 4. The molecule has 0 aromatic rings. The zero-order valence-electron chi connectivity index (χ0n) is 8.97. The summed E-state index contributed by atoms with van der Waals surface area (Å²) in [5.41, 5.74) is -0.878. The normalized spacial score (nSPS) is 22.8. The predicted octanol–water partition coefficient (Wildman–Crippen LogP) is 0.0751. The average molecular weight is 232 g/mol. The van der Waals surface area contributed by atoms with E-state index >= 15 is 0 Å². The van der Waals surface area contributed by atoms with E-state index in [1.807, 2.05) is 6.92 Å². The molecule has 0 aliphatic carbocycles. The zero-order valence-corrected chi connectivity index (χ0v) is 9.79. The topological polar surface area (TPSA) is 81.4 Å². The Morgan fingerprint density at radius 1 is 1.60 bits per heavy atom. The molecular formula is C9H16N2O3S. The molecule has 1 rings (SSSR count). The van der Waals surface area contributed by atoms with Crippen LogP contribution < -0.4 is 0 Å². The molecule has 15 heavy (non-hydrogen) atoms. The third kappa shape index (κ3) is 2.30. The molecule has 86 valence electrons. The summed E-state index contributed by atoms with van der Waals surface area (Å²) in [6.07, 6.45) is 1.41. The van der Waals surface area contributed by atoms with Crippen LogP contribution in [0, 0.1) is 11.3 Å². The molecule has 1 aliphatic heterocycles. The second-order valence-corrected chi connectivity index (χ2v) is 6.31. The van der Waals surface area contributed by atoms with Crippen molar-refractivity contribution in [3.05, 3.63) is 0 Å². The van der Waals surface area contributed by atoms with Gasteiger partial charge in [0.2, 0.25) is 10.0 Å². The van der Waals surface area contributed by atoms with E-state index in [0.29, 0.717) is 6.42 Å². The van der Waals surface area contributed by atoms with E-state index in [4.69, 9.17) is 5.26 Å². The van der Waals surface area contributed by atoms with E-state index in [-0.39, 0.29) is 13.1 Å². The van der Waals surface area contributed by atoms with E-state index in [1.165, 1.54) is 11.2 Å². The van der Waals surface area contributed by atoms with Crippen molar-refractivity contribution in [2.45, 2.75) is 37.5 Å². The fourth-order valence-electron chi connectivity index (χ4n) is 1.70. The van der Waals surface area contributed by atoms with Gasteiger partial charge in [-0.1, -0.05) is 13.3 Å². The van der Waals surface area contributed by atoms with Gasteiger partial charge in [-0.3, -0.25) is 0 Å². The molecule has 1 heterocycles. The number of β-amino-alcohol motifs (C(OH)–C–C–N with tert-alkyl or cyclic N) is 1. The first-order valence-electron chi connectivity index (χ1n) is 4.97. The highest BCUT2D eigenvalue weighted by Gasteiger charge is 2.47. The van der Waals surface area contributed by atoms with Gasteiger partial charge >= 0.3 is 0 Å². The molecule has 1 N–H and O–H groups in total. The first kappa shape index (κ1) is 12.4. The Kier molecular flexibility index (Phi) is 3.38. The van der Waals surface area contributed by atoms with Gasteiger partial charge in [0, 0.05) is 13.1 Å². The van der Waals surface area contributed by atoms with E-state index in [2.05, 4.69) is 0 Å². The van der Waals surface area contributed by atoms with Crippen LogP contribution in [-0.2, 0) is 10.0 Å². The summed E-state index contributed by atoms with van der Waals surface area (Å²) >= 11 is 0. The lowest BCUT2D eigenvalue weighted by Gasteiger charge is -2.45. The minimum absolute atomic E-state index is 0.120. The highest BCUT2D eigenvalue weighted by Crippen LogP contribution is 2.29. The maximum absolute atomic E-state index is 11.6. The molecule has 1 saturated heterocycles. The number of nitrogens with zero attached hydrogens (tertiary/aromatic N) is 2. The highest BCUT2D eigenvalue weighted by molar-refractivity contribution is 7.90. The summed E-state index contributed by atoms with van der Waals surface area (Å²) in [4.78, 5) is 0. The summed E-state index contributed by atoms with van der Waals surface area (Å²) in [5, 5.41) is 17.3. The summed E-state index contributed by atoms with van der Waals surface area (Å²) < 4.78 is 24.4. The lowest BCUT2D eigenvalue weighted by molar-refractivity contribution is -0.0654. The van der Waals surface area contributed by atoms with Crippen LogP contribution in [0.25, 0.3) is 0 Å². The van der Waals surface area contributed by atoms with Crippen LogP contribution in [0.4, 0.5) is 0 Å². The number of sulfonamides is 1. The maximum atomic E-state index is 11.6. The standard InChI is InChI=1S/C9H16N2O3S/c1-3-4-9(12)6-11(7-9)15(13,14)8(2)5-10/h8,12H,3-4,6-7H2,1-2H3. The van der Waals surface area contributed by atoms with Crippen molar-refractivity contribution < 1.29 is 13.5 Å². The highest BCUT2D eigenvalue weighted by atomic mass is 32.2. The first-order valence-corrected chi connectivity index (χ1v) is 6.47. The van der Waals surface area contributed by atoms with Crippen LogP contribution in [-0.4, -0.2) is 41.8 Å². The van der Waals surface area contributed by atoms with Crippen molar-refractivity contribution in [2.24, 2.45) is 0 Å². The van der Waals surface area contributed by atoms with Crippen LogP contribution in [0.3, 0.4) is 0 Å². The minimum atomic E-state index is -3.53. The molecule has 5 nitrogen and oxygen atoms in total. The largest absolute Gasteiger partial charge is 0.387 e. The SMILES string of the molecule is CCCC1(O)CN(S(=O)(=O)C(C)C#N)C1. The lowest BCUT2D eigenvalue weighted by atomic mass is 9.92. The van der Waals surface area contributed by atoms with Crippen molar-refractivity contribution in [1.29, 1.82) is 5.26 Å². The van der Waals surface area contributed by atoms with Crippen LogP contribution in [0.1, 0.15) is 26.7 Å². The fraction of sp³-hybridized carbons (Fsp3) is 0.889. The van der Waals surface area contributed by atoms with Gasteiger partial charge in [-0.2, -0.15) is 9.57 Å². The second kappa shape index (κ2) is 4.08. The van der Waals surface area contributed by atoms with Gasteiger partial charge in [-0.05, 0) is 13.3 Å². The average Bonchev–Trinajstić information content (AvgIpc) is 2.12. The van der Waals surface area contributed by atoms with Gasteiger partial charge in [0.1, 0.15) is 0 Å². The second-order valence-electron chi connectivity index (χ2n) is 4.06. The van der Waals surface area contributed by atoms with Crippen molar-refractivity contribution in [3.8, 4) is 6.07 Å². The molecule has 0 aromatic carbocycles. The molecule has 0 radical (unpaired) electrons. The van der Waals surface area contributed by atoms with Gasteiger partial charge in [-0.15, -0.1) is 0 Å². The predicted molar refractivity (Wildman–Crippen MR) is 55.4 cm³/mol. The van der Waals surface area contributed by atoms with Gasteiger partial charge in [0.15, 0.2) is 5.25 Å². The van der Waals surface area contributed by atoms with Gasteiger partial charge in [0.05, 0.1) is 11.7 Å². The number of hydrogen-bond donors (Lipinski definition) is 1. The molecule has 6 heteroatoms. The Balaban J connectivity index is 2.63. The van der Waals surface area contributed by atoms with Crippen molar-refractivity contribution in [2.75, 3.05) is 13.1 Å². The lowest BCUT2D eigenvalue weighted by Crippen LogP contribution is -2.64. The Hall–Kier alpha value is -0.640. The van der Waals surface area contributed by atoms with E-state index in [9.17, 15) is 13.5 Å². The van der Waals surface area contributed by atoms with Crippen molar-refractivity contribution in [1.82, 2.24) is 4.31 Å². The first-order chi connectivity index (χ1) is 6.85. The molecule has 1 atom stereocenters. The van der Waals surface area contributed by atoms with E-state index < -0.39 is 20.9 Å². The Bertz CT molecular complexity index is 365. The Labute approximate surface area is 90.4 Å². The minimum Gasteiger partial charge on any atom is -0.387 e. The fourth-order valence-corrected chi connectivity index (χ4v) is 3.12. The monoisotopic (exact) mass is 232 g/mol. The summed E-state index contributed by atoms with van der Waals surface area (Å²) in [5.74, 6) is 0. The van der Waals surface area contributed by atoms with Crippen LogP contribution in [0.15, 0.2) is 0 Å². The Morgan fingerprint density at radius 3 is 2.53 bits per heavy atom. The number of aliphatic hydroxyl groups is 1. The summed E-state index contributed by atoms with van der Waals surface area (Å²) in [7, 11) is -3.53. The van der Waals surface area contributed by atoms with Gasteiger partial charge < -0.3 is 5.11 Å². The summed E-state index contributed by atoms with van der Waals surface area (Å²) in [6.45, 7) is 3.53. The molecule has 0 spiro atoms. The maximum Gasteiger partial charge on any atom is 0.230 e. The van der Waals surface area contributed by atoms with E-state index in [0.717, 1.165) is 6.42 Å².